The normalized spacial score (nSPS) is 11.2. The van der Waals surface area contributed by atoms with E-state index in [4.69, 9.17) is 0 Å². The lowest BCUT2D eigenvalue weighted by molar-refractivity contribution is 0.598. The van der Waals surface area contributed by atoms with Crippen molar-refractivity contribution in [3.63, 3.8) is 0 Å². The Morgan fingerprint density at radius 3 is 2.59 bits per heavy atom. The van der Waals surface area contributed by atoms with E-state index in [1.807, 2.05) is 31.2 Å². The van der Waals surface area contributed by atoms with Crippen molar-refractivity contribution in [3.8, 4) is 0 Å². The van der Waals surface area contributed by atoms with Crippen molar-refractivity contribution in [2.24, 2.45) is 0 Å². The monoisotopic (exact) mass is 383 g/mol. The van der Waals surface area contributed by atoms with E-state index in [1.165, 1.54) is 6.20 Å². The Bertz CT molecular complexity index is 718. The minimum atomic E-state index is -3.29. The van der Waals surface area contributed by atoms with Gasteiger partial charge in [0, 0.05) is 4.47 Å². The predicted molar refractivity (Wildman–Crippen MR) is 94.0 cm³/mol. The van der Waals surface area contributed by atoms with Crippen LogP contribution in [0.25, 0.3) is 0 Å². The fourth-order valence-electron chi connectivity index (χ4n) is 1.79. The molecule has 1 heterocycles. The van der Waals surface area contributed by atoms with Crippen molar-refractivity contribution in [1.29, 1.82) is 0 Å². The molecule has 0 unspecified atom stereocenters. The lowest BCUT2D eigenvalue weighted by Gasteiger charge is -2.10. The van der Waals surface area contributed by atoms with E-state index in [0.717, 1.165) is 16.6 Å². The van der Waals surface area contributed by atoms with Crippen LogP contribution in [0.15, 0.2) is 47.1 Å². The third-order valence-electron chi connectivity index (χ3n) is 2.94. The van der Waals surface area contributed by atoms with E-state index in [1.54, 1.807) is 12.1 Å². The number of anilines is 3. The number of hydrogen-bond acceptors (Lipinski definition) is 4. The molecule has 1 aromatic carbocycles. The summed E-state index contributed by atoms with van der Waals surface area (Å²) in [4.78, 5) is 4.22. The van der Waals surface area contributed by atoms with E-state index < -0.39 is 10.0 Å². The van der Waals surface area contributed by atoms with Crippen molar-refractivity contribution in [1.82, 2.24) is 4.98 Å². The zero-order valence-corrected chi connectivity index (χ0v) is 14.6. The third kappa shape index (κ3) is 4.99. The fourth-order valence-corrected chi connectivity index (χ4v) is 3.43. The minimum absolute atomic E-state index is 0.125. The number of nitrogens with zero attached hydrogens (tertiary/aromatic N) is 1. The van der Waals surface area contributed by atoms with Crippen LogP contribution in [0.3, 0.4) is 0 Å². The van der Waals surface area contributed by atoms with Gasteiger partial charge < -0.3 is 5.32 Å². The maximum Gasteiger partial charge on any atom is 0.232 e. The molecule has 0 saturated heterocycles. The van der Waals surface area contributed by atoms with Gasteiger partial charge in [-0.15, -0.1) is 0 Å². The molecule has 0 atom stereocenters. The Labute approximate surface area is 139 Å². The first kappa shape index (κ1) is 16.8. The molecular weight excluding hydrogens is 366 g/mol. The number of halogens is 1. The van der Waals surface area contributed by atoms with Gasteiger partial charge in [0.1, 0.15) is 5.82 Å². The average Bonchev–Trinajstić information content (AvgIpc) is 2.49. The highest BCUT2D eigenvalue weighted by Gasteiger charge is 2.09. The molecule has 0 aliphatic rings. The second kappa shape index (κ2) is 7.60. The smallest absolute Gasteiger partial charge is 0.232 e. The summed E-state index contributed by atoms with van der Waals surface area (Å²) in [5.41, 5.74) is 1.36. The van der Waals surface area contributed by atoms with Gasteiger partial charge in [-0.1, -0.05) is 25.5 Å². The van der Waals surface area contributed by atoms with Crippen LogP contribution in [0.4, 0.5) is 17.2 Å². The molecule has 0 amide bonds. The predicted octanol–water partition coefficient (Wildman–Crippen LogP) is 4.13. The highest BCUT2D eigenvalue weighted by atomic mass is 79.9. The van der Waals surface area contributed by atoms with Gasteiger partial charge >= 0.3 is 0 Å². The van der Waals surface area contributed by atoms with Crippen LogP contribution < -0.4 is 10.0 Å². The van der Waals surface area contributed by atoms with Crippen molar-refractivity contribution in [3.05, 3.63) is 47.1 Å². The molecule has 0 aliphatic heterocycles. The van der Waals surface area contributed by atoms with E-state index >= 15 is 0 Å². The summed E-state index contributed by atoms with van der Waals surface area (Å²) in [5.74, 6) is 0.768. The van der Waals surface area contributed by atoms with Gasteiger partial charge in [-0.25, -0.2) is 13.4 Å². The second-order valence-corrected chi connectivity index (χ2v) is 7.51. The van der Waals surface area contributed by atoms with Gasteiger partial charge in [0.05, 0.1) is 23.3 Å². The topological polar surface area (TPSA) is 71.1 Å². The first-order valence-corrected chi connectivity index (χ1v) is 9.43. The van der Waals surface area contributed by atoms with Crippen molar-refractivity contribution >= 4 is 43.1 Å². The van der Waals surface area contributed by atoms with Crippen LogP contribution in [0.2, 0.25) is 0 Å². The molecule has 0 saturated carbocycles. The maximum absolute atomic E-state index is 11.8. The number of para-hydroxylation sites is 1. The lowest BCUT2D eigenvalue weighted by atomic mass is 10.3. The lowest BCUT2D eigenvalue weighted by Crippen LogP contribution is -2.16. The molecule has 0 spiro atoms. The summed E-state index contributed by atoms with van der Waals surface area (Å²) >= 11 is 3.45. The van der Waals surface area contributed by atoms with Crippen molar-refractivity contribution in [2.75, 3.05) is 15.8 Å². The minimum Gasteiger partial charge on any atom is -0.339 e. The van der Waals surface area contributed by atoms with Gasteiger partial charge in [0.2, 0.25) is 10.0 Å². The third-order valence-corrected chi connectivity index (χ3v) is 5.00. The molecule has 0 radical (unpaired) electrons. The summed E-state index contributed by atoms with van der Waals surface area (Å²) in [7, 11) is -3.29. The first-order chi connectivity index (χ1) is 10.5. The SMILES string of the molecule is CCCCS(=O)(=O)Nc1ccc(Nc2ccccc2Br)nc1. The molecule has 118 valence electrons. The van der Waals surface area contributed by atoms with Gasteiger partial charge in [0.25, 0.3) is 0 Å². The Hall–Kier alpha value is -1.60. The number of nitrogens with one attached hydrogen (secondary N) is 2. The van der Waals surface area contributed by atoms with Crippen LogP contribution in [0.5, 0.6) is 0 Å². The zero-order chi connectivity index (χ0) is 16.0. The number of hydrogen-bond donors (Lipinski definition) is 2. The maximum atomic E-state index is 11.8. The Kier molecular flexibility index (Phi) is 5.79. The van der Waals surface area contributed by atoms with Crippen LogP contribution in [-0.2, 0) is 10.0 Å². The number of sulfonamides is 1. The van der Waals surface area contributed by atoms with Crippen molar-refractivity contribution in [2.45, 2.75) is 19.8 Å². The molecular formula is C15H18BrN3O2S. The van der Waals surface area contributed by atoms with Crippen molar-refractivity contribution < 1.29 is 8.42 Å². The van der Waals surface area contributed by atoms with Gasteiger partial charge in [-0.05, 0) is 46.6 Å². The summed E-state index contributed by atoms with van der Waals surface area (Å²) in [5, 5.41) is 3.16. The largest absolute Gasteiger partial charge is 0.339 e. The fraction of sp³-hybridized carbons (Fsp3) is 0.267. The highest BCUT2D eigenvalue weighted by Crippen LogP contribution is 2.24. The summed E-state index contributed by atoms with van der Waals surface area (Å²) in [6.45, 7) is 1.96. The van der Waals surface area contributed by atoms with Crippen LogP contribution >= 0.6 is 15.9 Å². The van der Waals surface area contributed by atoms with E-state index in [2.05, 4.69) is 31.0 Å². The Balaban J connectivity index is 2.03. The number of pyridine rings is 1. The summed E-state index contributed by atoms with van der Waals surface area (Å²) in [6, 6.07) is 11.1. The van der Waals surface area contributed by atoms with E-state index in [0.29, 0.717) is 17.9 Å². The molecule has 0 aliphatic carbocycles. The zero-order valence-electron chi connectivity index (χ0n) is 12.2. The highest BCUT2D eigenvalue weighted by molar-refractivity contribution is 9.10. The Morgan fingerprint density at radius 1 is 1.18 bits per heavy atom. The molecule has 1 aromatic heterocycles. The Morgan fingerprint density at radius 2 is 1.95 bits per heavy atom. The molecule has 0 fully saturated rings. The summed E-state index contributed by atoms with van der Waals surface area (Å²) < 4.78 is 27.1. The molecule has 2 rings (SSSR count). The number of rotatable bonds is 7. The van der Waals surface area contributed by atoms with Gasteiger partial charge in [-0.2, -0.15) is 0 Å². The van der Waals surface area contributed by atoms with E-state index in [9.17, 15) is 8.42 Å². The molecule has 5 nitrogen and oxygen atoms in total. The van der Waals surface area contributed by atoms with Crippen LogP contribution in [-0.4, -0.2) is 19.2 Å². The van der Waals surface area contributed by atoms with Gasteiger partial charge in [0.15, 0.2) is 0 Å². The molecule has 7 heteroatoms. The quantitative estimate of drug-likeness (QED) is 0.753. The van der Waals surface area contributed by atoms with Gasteiger partial charge in [-0.3, -0.25) is 4.72 Å². The second-order valence-electron chi connectivity index (χ2n) is 4.81. The van der Waals surface area contributed by atoms with Crippen LogP contribution in [0.1, 0.15) is 19.8 Å². The number of benzene rings is 1. The van der Waals surface area contributed by atoms with Crippen LogP contribution in [0, 0.1) is 0 Å². The molecule has 22 heavy (non-hydrogen) atoms. The molecule has 2 aromatic rings. The number of unbranched alkanes of at least 4 members (excludes halogenated alkanes) is 1. The molecule has 0 bridgehead atoms. The summed E-state index contributed by atoms with van der Waals surface area (Å²) in [6.07, 6.45) is 2.99. The average molecular weight is 384 g/mol. The first-order valence-electron chi connectivity index (χ1n) is 6.98. The van der Waals surface area contributed by atoms with E-state index in [-0.39, 0.29) is 5.75 Å². The standard InChI is InChI=1S/C15H18BrN3O2S/c1-2-3-10-22(20,21)19-12-8-9-15(17-11-12)18-14-7-5-4-6-13(14)16/h4-9,11,19H,2-3,10H2,1H3,(H,17,18). The molecule has 2 N–H and O–H groups in total. The number of aromatic nitrogens is 1.